The number of halogens is 1. The summed E-state index contributed by atoms with van der Waals surface area (Å²) in [6.45, 7) is 6.31. The highest BCUT2D eigenvalue weighted by molar-refractivity contribution is 6.31. The molecule has 138 valence electrons. The van der Waals surface area contributed by atoms with Crippen LogP contribution in [0.15, 0.2) is 18.2 Å². The molecule has 1 saturated carbocycles. The van der Waals surface area contributed by atoms with E-state index in [-0.39, 0.29) is 19.1 Å². The van der Waals surface area contributed by atoms with Crippen LogP contribution in [0, 0.1) is 6.92 Å². The molecule has 0 saturated heterocycles. The standard InChI is InChI=1S/C19H25ClO5/c1-4-23-14-9-10-19(12-14,18(22)24-5-2)25-17(21)11-15-13(3)7-6-8-16(15)20/h6-8,14H,4-5,9-12H2,1-3H3. The predicted octanol–water partition coefficient (Wildman–Crippen LogP) is 3.63. The summed E-state index contributed by atoms with van der Waals surface area (Å²) in [4.78, 5) is 25.0. The van der Waals surface area contributed by atoms with Crippen LogP contribution in [0.2, 0.25) is 5.02 Å². The Morgan fingerprint density at radius 2 is 2.04 bits per heavy atom. The predicted molar refractivity (Wildman–Crippen MR) is 94.6 cm³/mol. The highest BCUT2D eigenvalue weighted by Gasteiger charge is 2.50. The molecule has 2 rings (SSSR count). The molecular weight excluding hydrogens is 344 g/mol. The zero-order valence-corrected chi connectivity index (χ0v) is 15.7. The summed E-state index contributed by atoms with van der Waals surface area (Å²) >= 11 is 6.18. The Morgan fingerprint density at radius 1 is 1.28 bits per heavy atom. The van der Waals surface area contributed by atoms with E-state index in [2.05, 4.69) is 0 Å². The van der Waals surface area contributed by atoms with Gasteiger partial charge in [0.05, 0.1) is 19.1 Å². The van der Waals surface area contributed by atoms with E-state index in [0.29, 0.717) is 36.5 Å². The monoisotopic (exact) mass is 368 g/mol. The van der Waals surface area contributed by atoms with Gasteiger partial charge in [0.1, 0.15) is 0 Å². The number of hydrogen-bond donors (Lipinski definition) is 0. The van der Waals surface area contributed by atoms with Gasteiger partial charge < -0.3 is 14.2 Å². The second kappa shape index (κ2) is 8.68. The van der Waals surface area contributed by atoms with E-state index >= 15 is 0 Å². The largest absolute Gasteiger partial charge is 0.463 e. The lowest BCUT2D eigenvalue weighted by Crippen LogP contribution is -2.43. The highest BCUT2D eigenvalue weighted by atomic mass is 35.5. The van der Waals surface area contributed by atoms with E-state index in [1.54, 1.807) is 13.0 Å². The molecule has 0 aromatic heterocycles. The molecule has 0 aliphatic heterocycles. The van der Waals surface area contributed by atoms with Gasteiger partial charge in [0.15, 0.2) is 0 Å². The minimum atomic E-state index is -1.26. The first-order valence-electron chi connectivity index (χ1n) is 8.66. The van der Waals surface area contributed by atoms with Crippen LogP contribution in [-0.4, -0.2) is 36.9 Å². The lowest BCUT2D eigenvalue weighted by Gasteiger charge is -2.27. The molecule has 0 heterocycles. The first-order chi connectivity index (χ1) is 11.9. The summed E-state index contributed by atoms with van der Waals surface area (Å²) in [5.74, 6) is -0.983. The number of aryl methyl sites for hydroxylation is 1. The van der Waals surface area contributed by atoms with Crippen LogP contribution in [0.3, 0.4) is 0 Å². The first-order valence-corrected chi connectivity index (χ1v) is 9.04. The molecular formula is C19H25ClO5. The van der Waals surface area contributed by atoms with Crippen LogP contribution in [0.25, 0.3) is 0 Å². The van der Waals surface area contributed by atoms with Gasteiger partial charge in [-0.3, -0.25) is 4.79 Å². The third-order valence-corrected chi connectivity index (χ3v) is 4.81. The third-order valence-electron chi connectivity index (χ3n) is 4.46. The van der Waals surface area contributed by atoms with Gasteiger partial charge in [0.2, 0.25) is 5.60 Å². The molecule has 1 aliphatic carbocycles. The zero-order chi connectivity index (χ0) is 18.4. The Labute approximate surface area is 153 Å². The Kier molecular flexibility index (Phi) is 6.85. The van der Waals surface area contributed by atoms with Crippen LogP contribution >= 0.6 is 11.6 Å². The average Bonchev–Trinajstić information content (AvgIpc) is 2.96. The molecule has 0 amide bonds. The maximum absolute atomic E-state index is 12.5. The number of esters is 2. The molecule has 1 fully saturated rings. The number of hydrogen-bond acceptors (Lipinski definition) is 5. The Bertz CT molecular complexity index is 610. The molecule has 1 aromatic carbocycles. The fraction of sp³-hybridized carbons (Fsp3) is 0.579. The van der Waals surface area contributed by atoms with E-state index in [9.17, 15) is 9.59 Å². The maximum Gasteiger partial charge on any atom is 0.350 e. The van der Waals surface area contributed by atoms with Crippen LogP contribution in [0.5, 0.6) is 0 Å². The van der Waals surface area contributed by atoms with Crippen LogP contribution in [0.4, 0.5) is 0 Å². The van der Waals surface area contributed by atoms with Crippen molar-refractivity contribution >= 4 is 23.5 Å². The van der Waals surface area contributed by atoms with E-state index in [1.807, 2.05) is 26.0 Å². The number of ether oxygens (including phenoxy) is 3. The SMILES string of the molecule is CCOC(=O)C1(OC(=O)Cc2c(C)cccc2Cl)CCC(OCC)C1. The molecule has 2 atom stereocenters. The van der Waals surface area contributed by atoms with Gasteiger partial charge in [0, 0.05) is 24.5 Å². The number of benzene rings is 1. The first kappa shape index (κ1) is 19.7. The summed E-state index contributed by atoms with van der Waals surface area (Å²) in [6, 6.07) is 5.45. The van der Waals surface area contributed by atoms with Crippen LogP contribution in [-0.2, 0) is 30.2 Å². The van der Waals surface area contributed by atoms with Crippen molar-refractivity contribution in [2.45, 2.75) is 58.2 Å². The molecule has 25 heavy (non-hydrogen) atoms. The Balaban J connectivity index is 2.14. The second-order valence-electron chi connectivity index (χ2n) is 6.22. The lowest BCUT2D eigenvalue weighted by atomic mass is 10.0. The van der Waals surface area contributed by atoms with Crippen molar-refractivity contribution in [1.82, 2.24) is 0 Å². The fourth-order valence-electron chi connectivity index (χ4n) is 3.22. The van der Waals surface area contributed by atoms with E-state index < -0.39 is 17.5 Å². The highest BCUT2D eigenvalue weighted by Crippen LogP contribution is 2.37. The molecule has 6 heteroatoms. The second-order valence-corrected chi connectivity index (χ2v) is 6.63. The minimum absolute atomic E-state index is 0.0198. The maximum atomic E-state index is 12.5. The molecule has 1 aromatic rings. The normalized spacial score (nSPS) is 22.6. The molecule has 2 unspecified atom stereocenters. The van der Waals surface area contributed by atoms with Gasteiger partial charge in [-0.1, -0.05) is 23.7 Å². The zero-order valence-electron chi connectivity index (χ0n) is 15.0. The van der Waals surface area contributed by atoms with Crippen LogP contribution < -0.4 is 0 Å². The molecule has 1 aliphatic rings. The van der Waals surface area contributed by atoms with Gasteiger partial charge in [-0.25, -0.2) is 4.79 Å². The van der Waals surface area contributed by atoms with E-state index in [0.717, 1.165) is 5.56 Å². The smallest absolute Gasteiger partial charge is 0.350 e. The molecule has 0 bridgehead atoms. The van der Waals surface area contributed by atoms with Gasteiger partial charge in [-0.2, -0.15) is 0 Å². The van der Waals surface area contributed by atoms with E-state index in [1.165, 1.54) is 0 Å². The summed E-state index contributed by atoms with van der Waals surface area (Å²) in [5.41, 5.74) is 0.364. The van der Waals surface area contributed by atoms with E-state index in [4.69, 9.17) is 25.8 Å². The molecule has 0 spiro atoms. The van der Waals surface area contributed by atoms with Gasteiger partial charge in [0.25, 0.3) is 0 Å². The number of carbonyl (C=O) groups excluding carboxylic acids is 2. The number of rotatable bonds is 7. The third kappa shape index (κ3) is 4.73. The Hall–Kier alpha value is -1.59. The Morgan fingerprint density at radius 3 is 2.68 bits per heavy atom. The topological polar surface area (TPSA) is 61.8 Å². The summed E-state index contributed by atoms with van der Waals surface area (Å²) < 4.78 is 16.4. The fourth-order valence-corrected chi connectivity index (χ4v) is 3.50. The lowest BCUT2D eigenvalue weighted by molar-refractivity contribution is -0.182. The summed E-state index contributed by atoms with van der Waals surface area (Å²) in [7, 11) is 0. The summed E-state index contributed by atoms with van der Waals surface area (Å²) in [5, 5.41) is 0.515. The van der Waals surface area contributed by atoms with Gasteiger partial charge >= 0.3 is 11.9 Å². The van der Waals surface area contributed by atoms with Crippen molar-refractivity contribution in [2.75, 3.05) is 13.2 Å². The van der Waals surface area contributed by atoms with Gasteiger partial charge in [-0.15, -0.1) is 0 Å². The summed E-state index contributed by atoms with van der Waals surface area (Å²) in [6.07, 6.45) is 1.30. The molecule has 5 nitrogen and oxygen atoms in total. The van der Waals surface area contributed by atoms with Crippen molar-refractivity contribution in [3.8, 4) is 0 Å². The van der Waals surface area contributed by atoms with Crippen molar-refractivity contribution in [3.05, 3.63) is 34.3 Å². The van der Waals surface area contributed by atoms with Crippen molar-refractivity contribution in [2.24, 2.45) is 0 Å². The average molecular weight is 369 g/mol. The van der Waals surface area contributed by atoms with Crippen molar-refractivity contribution < 1.29 is 23.8 Å². The molecule has 0 radical (unpaired) electrons. The quantitative estimate of drug-likeness (QED) is 0.688. The van der Waals surface area contributed by atoms with Crippen LogP contribution in [0.1, 0.15) is 44.2 Å². The minimum Gasteiger partial charge on any atom is -0.463 e. The van der Waals surface area contributed by atoms with Crippen molar-refractivity contribution in [3.63, 3.8) is 0 Å². The number of carbonyl (C=O) groups is 2. The van der Waals surface area contributed by atoms with Crippen molar-refractivity contribution in [1.29, 1.82) is 0 Å². The van der Waals surface area contributed by atoms with Gasteiger partial charge in [-0.05, 0) is 44.4 Å². The molecule has 0 N–H and O–H groups in total.